The third-order valence-corrected chi connectivity index (χ3v) is 2.55. The lowest BCUT2D eigenvalue weighted by Crippen LogP contribution is -2.19. The number of nitrogens with zero attached hydrogens (tertiary/aromatic N) is 2. The molecule has 0 amide bonds. The number of amidine groups is 1. The van der Waals surface area contributed by atoms with Gasteiger partial charge in [-0.1, -0.05) is 0 Å². The fourth-order valence-electron chi connectivity index (χ4n) is 1.88. The lowest BCUT2D eigenvalue weighted by Gasteiger charge is -2.01. The third kappa shape index (κ3) is 1.38. The molecule has 2 aromatic rings. The van der Waals surface area contributed by atoms with Crippen LogP contribution in [0.25, 0.3) is 11.0 Å². The van der Waals surface area contributed by atoms with Gasteiger partial charge in [0, 0.05) is 12.1 Å². The molecule has 0 atom stereocenters. The molecule has 0 spiro atoms. The molecule has 1 aromatic carbocycles. The average Bonchev–Trinajstić information content (AvgIpc) is 2.82. The second-order valence-electron chi connectivity index (χ2n) is 3.71. The molecule has 4 nitrogen and oxygen atoms in total. The molecule has 0 fully saturated rings. The van der Waals surface area contributed by atoms with Gasteiger partial charge in [-0.3, -0.25) is 4.99 Å². The average molecular weight is 200 g/mol. The number of nitrogens with one attached hydrogen (secondary N) is 2. The van der Waals surface area contributed by atoms with Crippen LogP contribution in [0.1, 0.15) is 11.4 Å². The number of H-pyrrole nitrogens is 1. The summed E-state index contributed by atoms with van der Waals surface area (Å²) < 4.78 is 0. The first-order chi connectivity index (χ1) is 7.33. The van der Waals surface area contributed by atoms with Gasteiger partial charge in [0.05, 0.1) is 17.6 Å². The minimum absolute atomic E-state index is 0.870. The SMILES string of the molecule is Cc1nc2ccc(C3=NCCN3)cc2[nH]1. The highest BCUT2D eigenvalue weighted by Gasteiger charge is 2.09. The van der Waals surface area contributed by atoms with Crippen molar-refractivity contribution in [3.8, 4) is 0 Å². The Labute approximate surface area is 87.4 Å². The molecule has 15 heavy (non-hydrogen) atoms. The van der Waals surface area contributed by atoms with Gasteiger partial charge in [0.25, 0.3) is 0 Å². The quantitative estimate of drug-likeness (QED) is 0.727. The number of fused-ring (bicyclic) bond motifs is 1. The standard InChI is InChI=1S/C11H12N4/c1-7-14-9-3-2-8(6-10(9)15-7)11-12-4-5-13-11/h2-3,6H,4-5H2,1H3,(H,12,13)(H,14,15). The van der Waals surface area contributed by atoms with E-state index in [9.17, 15) is 0 Å². The Hall–Kier alpha value is -1.84. The van der Waals surface area contributed by atoms with Crippen molar-refractivity contribution in [2.75, 3.05) is 13.1 Å². The van der Waals surface area contributed by atoms with Gasteiger partial charge >= 0.3 is 0 Å². The number of benzene rings is 1. The topological polar surface area (TPSA) is 53.1 Å². The van der Waals surface area contributed by atoms with Crippen LogP contribution < -0.4 is 5.32 Å². The first kappa shape index (κ1) is 8.47. The van der Waals surface area contributed by atoms with E-state index < -0.39 is 0 Å². The molecule has 2 heterocycles. The van der Waals surface area contributed by atoms with E-state index in [2.05, 4.69) is 32.4 Å². The number of aliphatic imine (C=N–C) groups is 1. The van der Waals surface area contributed by atoms with E-state index in [-0.39, 0.29) is 0 Å². The number of imidazole rings is 1. The van der Waals surface area contributed by atoms with Gasteiger partial charge in [-0.2, -0.15) is 0 Å². The number of aromatic amines is 1. The molecule has 4 heteroatoms. The zero-order valence-electron chi connectivity index (χ0n) is 8.54. The van der Waals surface area contributed by atoms with Crippen LogP contribution in [0.2, 0.25) is 0 Å². The maximum absolute atomic E-state index is 4.39. The second-order valence-corrected chi connectivity index (χ2v) is 3.71. The molecule has 0 saturated heterocycles. The molecule has 1 aromatic heterocycles. The molecular weight excluding hydrogens is 188 g/mol. The summed E-state index contributed by atoms with van der Waals surface area (Å²) in [5.74, 6) is 1.94. The van der Waals surface area contributed by atoms with Gasteiger partial charge < -0.3 is 10.3 Å². The zero-order valence-corrected chi connectivity index (χ0v) is 8.54. The van der Waals surface area contributed by atoms with Crippen molar-refractivity contribution in [1.82, 2.24) is 15.3 Å². The Kier molecular flexibility index (Phi) is 1.74. The zero-order chi connectivity index (χ0) is 10.3. The summed E-state index contributed by atoms with van der Waals surface area (Å²) in [6.45, 7) is 3.77. The summed E-state index contributed by atoms with van der Waals surface area (Å²) in [4.78, 5) is 12.0. The van der Waals surface area contributed by atoms with E-state index in [0.29, 0.717) is 0 Å². The first-order valence-electron chi connectivity index (χ1n) is 5.08. The molecule has 1 aliphatic heterocycles. The predicted octanol–water partition coefficient (Wildman–Crippen LogP) is 1.22. The highest BCUT2D eigenvalue weighted by atomic mass is 15.1. The van der Waals surface area contributed by atoms with Crippen LogP contribution in [0.3, 0.4) is 0 Å². The summed E-state index contributed by atoms with van der Waals surface area (Å²) in [5, 5.41) is 3.26. The molecule has 2 N–H and O–H groups in total. The van der Waals surface area contributed by atoms with Gasteiger partial charge in [-0.15, -0.1) is 0 Å². The maximum Gasteiger partial charge on any atom is 0.128 e. The fourth-order valence-corrected chi connectivity index (χ4v) is 1.88. The molecule has 0 unspecified atom stereocenters. The van der Waals surface area contributed by atoms with Crippen LogP contribution in [-0.4, -0.2) is 28.9 Å². The van der Waals surface area contributed by atoms with Crippen molar-refractivity contribution in [2.24, 2.45) is 4.99 Å². The van der Waals surface area contributed by atoms with E-state index in [1.165, 1.54) is 0 Å². The molecule has 76 valence electrons. The fraction of sp³-hybridized carbons (Fsp3) is 0.273. The third-order valence-electron chi connectivity index (χ3n) is 2.55. The lowest BCUT2D eigenvalue weighted by molar-refractivity contribution is 0.960. The van der Waals surface area contributed by atoms with Crippen molar-refractivity contribution >= 4 is 16.9 Å². The second kappa shape index (κ2) is 3.08. The minimum Gasteiger partial charge on any atom is -0.368 e. The Morgan fingerprint density at radius 3 is 3.07 bits per heavy atom. The largest absolute Gasteiger partial charge is 0.368 e. The summed E-state index contributed by atoms with van der Waals surface area (Å²) in [6.07, 6.45) is 0. The van der Waals surface area contributed by atoms with E-state index in [4.69, 9.17) is 0 Å². The van der Waals surface area contributed by atoms with Crippen LogP contribution in [0.4, 0.5) is 0 Å². The molecule has 3 rings (SSSR count). The van der Waals surface area contributed by atoms with Crippen LogP contribution in [0.15, 0.2) is 23.2 Å². The van der Waals surface area contributed by atoms with Gasteiger partial charge in [-0.25, -0.2) is 4.98 Å². The Morgan fingerprint density at radius 1 is 1.33 bits per heavy atom. The Bertz CT molecular complexity index is 539. The molecule has 0 saturated carbocycles. The molecular formula is C11H12N4. The van der Waals surface area contributed by atoms with Crippen LogP contribution in [0, 0.1) is 6.92 Å². The molecule has 1 aliphatic rings. The van der Waals surface area contributed by atoms with E-state index >= 15 is 0 Å². The highest BCUT2D eigenvalue weighted by Crippen LogP contribution is 2.14. The monoisotopic (exact) mass is 200 g/mol. The minimum atomic E-state index is 0.870. The summed E-state index contributed by atoms with van der Waals surface area (Å²) in [7, 11) is 0. The van der Waals surface area contributed by atoms with Crippen LogP contribution >= 0.6 is 0 Å². The molecule has 0 radical (unpaired) electrons. The first-order valence-corrected chi connectivity index (χ1v) is 5.08. The van der Waals surface area contributed by atoms with Gasteiger partial charge in [0.15, 0.2) is 0 Å². The number of aryl methyl sites for hydroxylation is 1. The van der Waals surface area contributed by atoms with Crippen molar-refractivity contribution in [1.29, 1.82) is 0 Å². The summed E-state index contributed by atoms with van der Waals surface area (Å²) in [5.41, 5.74) is 3.21. The van der Waals surface area contributed by atoms with Crippen LogP contribution in [0.5, 0.6) is 0 Å². The summed E-state index contributed by atoms with van der Waals surface area (Å²) in [6, 6.07) is 6.17. The van der Waals surface area contributed by atoms with Gasteiger partial charge in [0.1, 0.15) is 11.7 Å². The number of aromatic nitrogens is 2. The number of hydrogen-bond donors (Lipinski definition) is 2. The maximum atomic E-state index is 4.39. The molecule has 0 aliphatic carbocycles. The van der Waals surface area contributed by atoms with E-state index in [1.807, 2.05) is 13.0 Å². The highest BCUT2D eigenvalue weighted by molar-refractivity contribution is 6.01. The Morgan fingerprint density at radius 2 is 2.27 bits per heavy atom. The van der Waals surface area contributed by atoms with Crippen molar-refractivity contribution < 1.29 is 0 Å². The van der Waals surface area contributed by atoms with E-state index in [0.717, 1.165) is 41.3 Å². The molecule has 0 bridgehead atoms. The smallest absolute Gasteiger partial charge is 0.128 e. The van der Waals surface area contributed by atoms with E-state index in [1.54, 1.807) is 0 Å². The van der Waals surface area contributed by atoms with Crippen molar-refractivity contribution in [3.63, 3.8) is 0 Å². The van der Waals surface area contributed by atoms with Gasteiger partial charge in [-0.05, 0) is 25.1 Å². The van der Waals surface area contributed by atoms with Crippen LogP contribution in [-0.2, 0) is 0 Å². The van der Waals surface area contributed by atoms with Gasteiger partial charge in [0.2, 0.25) is 0 Å². The van der Waals surface area contributed by atoms with Crippen molar-refractivity contribution in [2.45, 2.75) is 6.92 Å². The Balaban J connectivity index is 2.12. The number of rotatable bonds is 1. The predicted molar refractivity (Wildman–Crippen MR) is 60.2 cm³/mol. The number of hydrogen-bond acceptors (Lipinski definition) is 3. The van der Waals surface area contributed by atoms with Crippen molar-refractivity contribution in [3.05, 3.63) is 29.6 Å². The summed E-state index contributed by atoms with van der Waals surface area (Å²) >= 11 is 0. The normalized spacial score (nSPS) is 15.4. The lowest BCUT2D eigenvalue weighted by atomic mass is 10.2.